The molecule has 0 bridgehead atoms. The quantitative estimate of drug-likeness (QED) is 0.509. The van der Waals surface area contributed by atoms with Crippen molar-refractivity contribution in [1.82, 2.24) is 9.29 Å². The molecular weight excluding hydrogens is 462 g/mol. The smallest absolute Gasteiger partial charge is 0.243 e. The molecule has 0 radical (unpaired) electrons. The van der Waals surface area contributed by atoms with Crippen LogP contribution < -0.4 is 5.32 Å². The van der Waals surface area contributed by atoms with E-state index in [-0.39, 0.29) is 16.6 Å². The van der Waals surface area contributed by atoms with Crippen LogP contribution in [0.5, 0.6) is 0 Å². The van der Waals surface area contributed by atoms with Gasteiger partial charge in [-0.3, -0.25) is 4.79 Å². The minimum Gasteiger partial charge on any atom is -0.324 e. The predicted molar refractivity (Wildman–Crippen MR) is 123 cm³/mol. The molecule has 30 heavy (non-hydrogen) atoms. The maximum Gasteiger partial charge on any atom is 0.243 e. The summed E-state index contributed by atoms with van der Waals surface area (Å²) in [6.07, 6.45) is 2.76. The van der Waals surface area contributed by atoms with E-state index in [9.17, 15) is 13.2 Å². The van der Waals surface area contributed by atoms with E-state index in [1.807, 2.05) is 24.3 Å². The van der Waals surface area contributed by atoms with Crippen molar-refractivity contribution in [1.29, 1.82) is 0 Å². The zero-order valence-corrected chi connectivity index (χ0v) is 19.2. The van der Waals surface area contributed by atoms with Crippen molar-refractivity contribution in [2.45, 2.75) is 28.5 Å². The number of thiazole rings is 1. The molecule has 2 heterocycles. The molecule has 1 aromatic heterocycles. The Morgan fingerprint density at radius 2 is 1.93 bits per heavy atom. The molecule has 2 aromatic carbocycles. The molecule has 0 unspecified atom stereocenters. The van der Waals surface area contributed by atoms with Crippen molar-refractivity contribution in [3.63, 3.8) is 0 Å². The topological polar surface area (TPSA) is 79.4 Å². The van der Waals surface area contributed by atoms with E-state index >= 15 is 0 Å². The predicted octanol–water partition coefficient (Wildman–Crippen LogP) is 4.86. The summed E-state index contributed by atoms with van der Waals surface area (Å²) in [5, 5.41) is 3.03. The summed E-state index contributed by atoms with van der Waals surface area (Å²) in [5.41, 5.74) is 1.20. The third-order valence-electron chi connectivity index (χ3n) is 4.77. The minimum atomic E-state index is -3.60. The Bertz CT molecular complexity index is 1140. The summed E-state index contributed by atoms with van der Waals surface area (Å²) in [7, 11) is -3.60. The number of para-hydroxylation sites is 1. The van der Waals surface area contributed by atoms with Crippen molar-refractivity contribution in [2.24, 2.45) is 0 Å². The van der Waals surface area contributed by atoms with Crippen LogP contribution in [0.4, 0.5) is 5.69 Å². The fraction of sp³-hybridized carbons (Fsp3) is 0.300. The molecule has 10 heteroatoms. The zero-order chi connectivity index (χ0) is 21.1. The number of halogens is 1. The van der Waals surface area contributed by atoms with Gasteiger partial charge < -0.3 is 5.32 Å². The van der Waals surface area contributed by atoms with Crippen molar-refractivity contribution < 1.29 is 13.2 Å². The van der Waals surface area contributed by atoms with E-state index in [1.54, 1.807) is 0 Å². The second-order valence-corrected chi connectivity index (χ2v) is 11.5. The van der Waals surface area contributed by atoms with Crippen molar-refractivity contribution in [2.75, 3.05) is 24.2 Å². The van der Waals surface area contributed by atoms with E-state index in [2.05, 4.69) is 10.3 Å². The van der Waals surface area contributed by atoms with E-state index in [0.717, 1.165) is 33.8 Å². The number of fused-ring (bicyclic) bond motifs is 1. The first-order valence-corrected chi connectivity index (χ1v) is 13.1. The molecule has 1 N–H and O–H groups in total. The molecule has 0 saturated carbocycles. The van der Waals surface area contributed by atoms with E-state index < -0.39 is 10.0 Å². The van der Waals surface area contributed by atoms with Crippen LogP contribution in [0.1, 0.15) is 19.3 Å². The number of benzene rings is 2. The van der Waals surface area contributed by atoms with Gasteiger partial charge in [0, 0.05) is 13.1 Å². The Balaban J connectivity index is 1.44. The molecule has 6 nitrogen and oxygen atoms in total. The lowest BCUT2D eigenvalue weighted by Crippen LogP contribution is -2.35. The molecule has 0 spiro atoms. The van der Waals surface area contributed by atoms with Crippen molar-refractivity contribution in [3.05, 3.63) is 47.5 Å². The highest BCUT2D eigenvalue weighted by Crippen LogP contribution is 2.31. The summed E-state index contributed by atoms with van der Waals surface area (Å²) in [6, 6.07) is 12.2. The third-order valence-corrected chi connectivity index (χ3v) is 9.17. The van der Waals surface area contributed by atoms with Crippen molar-refractivity contribution >= 4 is 66.5 Å². The van der Waals surface area contributed by atoms with Crippen LogP contribution in [0.25, 0.3) is 10.2 Å². The van der Waals surface area contributed by atoms with Gasteiger partial charge in [0.15, 0.2) is 4.34 Å². The highest BCUT2D eigenvalue weighted by atomic mass is 35.5. The third kappa shape index (κ3) is 4.81. The first kappa shape index (κ1) is 21.6. The molecule has 3 aromatic rings. The van der Waals surface area contributed by atoms with Crippen LogP contribution in [-0.2, 0) is 14.8 Å². The number of sulfonamides is 1. The number of hydrogen-bond acceptors (Lipinski definition) is 6. The van der Waals surface area contributed by atoms with Gasteiger partial charge in [0.1, 0.15) is 0 Å². The SMILES string of the molecule is O=C(CSc1nc2ccccc2s1)Nc1cc(S(=O)(=O)N2CCCCC2)ccc1Cl. The number of nitrogens with one attached hydrogen (secondary N) is 1. The van der Waals surface area contributed by atoms with Crippen LogP contribution in [-0.4, -0.2) is 42.5 Å². The van der Waals surface area contributed by atoms with Crippen molar-refractivity contribution in [3.8, 4) is 0 Å². The molecule has 4 rings (SSSR count). The molecule has 1 amide bonds. The monoisotopic (exact) mass is 481 g/mol. The molecule has 1 aliphatic rings. The maximum atomic E-state index is 12.9. The van der Waals surface area contributed by atoms with Gasteiger partial charge in [0.2, 0.25) is 15.9 Å². The second-order valence-electron chi connectivity index (χ2n) is 6.89. The Kier molecular flexibility index (Phi) is 6.64. The fourth-order valence-corrected chi connectivity index (χ4v) is 6.82. The molecule has 0 atom stereocenters. The second kappa shape index (κ2) is 9.23. The number of anilines is 1. The van der Waals surface area contributed by atoms with Crippen LogP contribution in [0.2, 0.25) is 5.02 Å². The number of amides is 1. The highest BCUT2D eigenvalue weighted by molar-refractivity contribution is 8.01. The average molecular weight is 482 g/mol. The Morgan fingerprint density at radius 1 is 1.17 bits per heavy atom. The standard InChI is InChI=1S/C20H20ClN3O3S3/c21-15-9-8-14(30(26,27)24-10-4-1-5-11-24)12-17(15)22-19(25)13-28-20-23-16-6-2-3-7-18(16)29-20/h2-3,6-9,12H,1,4-5,10-11,13H2,(H,22,25). The van der Waals surface area contributed by atoms with Gasteiger partial charge >= 0.3 is 0 Å². The molecule has 1 saturated heterocycles. The van der Waals surface area contributed by atoms with Gasteiger partial charge in [-0.25, -0.2) is 13.4 Å². The zero-order valence-electron chi connectivity index (χ0n) is 16.0. The van der Waals surface area contributed by atoms with Gasteiger partial charge in [0.05, 0.1) is 31.6 Å². The highest BCUT2D eigenvalue weighted by Gasteiger charge is 2.26. The maximum absolute atomic E-state index is 12.9. The van der Waals surface area contributed by atoms with Gasteiger partial charge in [0.25, 0.3) is 0 Å². The normalized spacial score (nSPS) is 15.4. The first-order chi connectivity index (χ1) is 14.4. The number of hydrogen-bond donors (Lipinski definition) is 1. The number of piperidine rings is 1. The fourth-order valence-electron chi connectivity index (χ4n) is 3.24. The number of carbonyl (C=O) groups is 1. The van der Waals surface area contributed by atoms with Gasteiger partial charge in [-0.1, -0.05) is 41.9 Å². The first-order valence-electron chi connectivity index (χ1n) is 9.51. The van der Waals surface area contributed by atoms with E-state index in [0.29, 0.717) is 23.8 Å². The summed E-state index contributed by atoms with van der Waals surface area (Å²) in [6.45, 7) is 1.04. The average Bonchev–Trinajstić information content (AvgIpc) is 3.17. The van der Waals surface area contributed by atoms with Gasteiger partial charge in [-0.05, 0) is 43.2 Å². The number of rotatable bonds is 6. The van der Waals surface area contributed by atoms with Crippen LogP contribution in [0, 0.1) is 0 Å². The number of carbonyl (C=O) groups excluding carboxylic acids is 1. The summed E-state index contributed by atoms with van der Waals surface area (Å²) in [5.74, 6) is -0.118. The molecular formula is C20H20ClN3O3S3. The lowest BCUT2D eigenvalue weighted by atomic mass is 10.2. The van der Waals surface area contributed by atoms with Gasteiger partial charge in [-0.15, -0.1) is 11.3 Å². The largest absolute Gasteiger partial charge is 0.324 e. The summed E-state index contributed by atoms with van der Waals surface area (Å²) >= 11 is 9.08. The number of thioether (sulfide) groups is 1. The lowest BCUT2D eigenvalue weighted by molar-refractivity contribution is -0.113. The van der Waals surface area contributed by atoms with Crippen LogP contribution in [0.3, 0.4) is 0 Å². The summed E-state index contributed by atoms with van der Waals surface area (Å²) < 4.78 is 29.2. The van der Waals surface area contributed by atoms with E-state index in [4.69, 9.17) is 11.6 Å². The Labute approximate surface area is 188 Å². The Morgan fingerprint density at radius 3 is 2.70 bits per heavy atom. The molecule has 1 aliphatic heterocycles. The van der Waals surface area contributed by atoms with E-state index in [1.165, 1.54) is 45.6 Å². The number of nitrogens with zero attached hydrogens (tertiary/aromatic N) is 2. The molecule has 1 fully saturated rings. The lowest BCUT2D eigenvalue weighted by Gasteiger charge is -2.26. The van der Waals surface area contributed by atoms with Crippen LogP contribution in [0.15, 0.2) is 51.7 Å². The minimum absolute atomic E-state index is 0.142. The van der Waals surface area contributed by atoms with Crippen LogP contribution >= 0.6 is 34.7 Å². The molecule has 0 aliphatic carbocycles. The van der Waals surface area contributed by atoms with Gasteiger partial charge in [-0.2, -0.15) is 4.31 Å². The Hall–Kier alpha value is -1.65. The summed E-state index contributed by atoms with van der Waals surface area (Å²) in [4.78, 5) is 17.1. The molecule has 158 valence electrons. The number of aromatic nitrogens is 1.